The highest BCUT2D eigenvalue weighted by atomic mass is 32.1. The molecule has 0 bridgehead atoms. The second-order valence-corrected chi connectivity index (χ2v) is 8.78. The van der Waals surface area contributed by atoms with Crippen LogP contribution in [0, 0.1) is 0 Å². The van der Waals surface area contributed by atoms with Crippen LogP contribution in [0.3, 0.4) is 0 Å². The average Bonchev–Trinajstić information content (AvgIpc) is 3.47. The molecule has 0 unspecified atom stereocenters. The average molecular weight is 479 g/mol. The van der Waals surface area contributed by atoms with Gasteiger partial charge in [-0.15, -0.1) is 22.7 Å². The highest BCUT2D eigenvalue weighted by Gasteiger charge is 2.22. The number of carbonyl (C=O) groups is 2. The molecule has 1 amide bonds. The minimum absolute atomic E-state index is 0.111. The molecule has 33 heavy (non-hydrogen) atoms. The van der Waals surface area contributed by atoms with E-state index in [-0.39, 0.29) is 12.3 Å². The van der Waals surface area contributed by atoms with Crippen LogP contribution in [0.15, 0.2) is 65.4 Å². The van der Waals surface area contributed by atoms with Gasteiger partial charge in [-0.1, -0.05) is 42.5 Å². The third-order valence-electron chi connectivity index (χ3n) is 4.82. The number of methoxy groups -OCH3 is 1. The standard InChI is InChI=1S/C25H22N2O4S2/c1-3-31-19-11-9-16(10-12-19)20-15-33-24(22(20)25(29)30-2)27-21(28)13-18-14-32-23(26-18)17-7-5-4-6-8-17/h4-12,14-15H,3,13H2,1-2H3,(H,27,28). The van der Waals surface area contributed by atoms with Crippen LogP contribution < -0.4 is 10.1 Å². The summed E-state index contributed by atoms with van der Waals surface area (Å²) in [6, 6.07) is 17.3. The number of thiophene rings is 1. The Kier molecular flexibility index (Phi) is 7.16. The molecule has 4 aromatic rings. The molecule has 4 rings (SSSR count). The van der Waals surface area contributed by atoms with Crippen LogP contribution in [-0.2, 0) is 16.0 Å². The summed E-state index contributed by atoms with van der Waals surface area (Å²) in [4.78, 5) is 29.9. The Balaban J connectivity index is 1.52. The minimum atomic E-state index is -0.504. The van der Waals surface area contributed by atoms with Crippen molar-refractivity contribution >= 4 is 39.6 Å². The van der Waals surface area contributed by atoms with Crippen LogP contribution in [0.4, 0.5) is 5.00 Å². The molecule has 168 valence electrons. The Morgan fingerprint density at radius 2 is 1.73 bits per heavy atom. The Morgan fingerprint density at radius 1 is 0.970 bits per heavy atom. The maximum atomic E-state index is 12.7. The molecule has 1 N–H and O–H groups in total. The van der Waals surface area contributed by atoms with Gasteiger partial charge in [0.1, 0.15) is 21.3 Å². The number of amides is 1. The molecule has 6 nitrogen and oxygen atoms in total. The summed E-state index contributed by atoms with van der Waals surface area (Å²) in [5, 5.41) is 7.90. The van der Waals surface area contributed by atoms with E-state index in [4.69, 9.17) is 9.47 Å². The van der Waals surface area contributed by atoms with Crippen LogP contribution in [0.2, 0.25) is 0 Å². The van der Waals surface area contributed by atoms with E-state index in [1.807, 2.05) is 72.3 Å². The number of nitrogens with one attached hydrogen (secondary N) is 1. The number of benzene rings is 2. The zero-order chi connectivity index (χ0) is 23.2. The fourth-order valence-corrected chi connectivity index (χ4v) is 5.10. The molecule has 2 aromatic heterocycles. The fourth-order valence-electron chi connectivity index (χ4n) is 3.30. The van der Waals surface area contributed by atoms with E-state index in [0.717, 1.165) is 21.9 Å². The van der Waals surface area contributed by atoms with Crippen molar-refractivity contribution in [1.29, 1.82) is 0 Å². The summed E-state index contributed by atoms with van der Waals surface area (Å²) in [5.41, 5.74) is 3.57. The Bertz CT molecular complexity index is 1250. The van der Waals surface area contributed by atoms with Gasteiger partial charge in [-0.25, -0.2) is 9.78 Å². The molecule has 0 aliphatic heterocycles. The zero-order valence-electron chi connectivity index (χ0n) is 18.2. The summed E-state index contributed by atoms with van der Waals surface area (Å²) in [6.07, 6.45) is 0.111. The van der Waals surface area contributed by atoms with Gasteiger partial charge in [0.2, 0.25) is 5.91 Å². The van der Waals surface area contributed by atoms with E-state index in [1.54, 1.807) is 0 Å². The number of rotatable bonds is 8. The number of thiazole rings is 1. The first kappa shape index (κ1) is 22.7. The molecule has 8 heteroatoms. The van der Waals surface area contributed by atoms with Crippen LogP contribution >= 0.6 is 22.7 Å². The molecule has 0 fully saturated rings. The van der Waals surface area contributed by atoms with E-state index in [1.165, 1.54) is 29.8 Å². The van der Waals surface area contributed by atoms with Gasteiger partial charge in [-0.3, -0.25) is 4.79 Å². The molecular weight excluding hydrogens is 456 g/mol. The minimum Gasteiger partial charge on any atom is -0.494 e. The van der Waals surface area contributed by atoms with Gasteiger partial charge in [-0.05, 0) is 24.6 Å². The van der Waals surface area contributed by atoms with E-state index in [2.05, 4.69) is 10.3 Å². The normalized spacial score (nSPS) is 10.6. The lowest BCUT2D eigenvalue weighted by Crippen LogP contribution is -2.16. The van der Waals surface area contributed by atoms with Gasteiger partial charge >= 0.3 is 5.97 Å². The van der Waals surface area contributed by atoms with Crippen molar-refractivity contribution in [2.45, 2.75) is 13.3 Å². The van der Waals surface area contributed by atoms with Crippen molar-refractivity contribution in [2.75, 3.05) is 19.0 Å². The summed E-state index contributed by atoms with van der Waals surface area (Å²) in [7, 11) is 1.33. The summed E-state index contributed by atoms with van der Waals surface area (Å²) >= 11 is 2.78. The zero-order valence-corrected chi connectivity index (χ0v) is 19.8. The lowest BCUT2D eigenvalue weighted by atomic mass is 10.0. The molecule has 0 aliphatic rings. The Morgan fingerprint density at radius 3 is 2.42 bits per heavy atom. The number of hydrogen-bond acceptors (Lipinski definition) is 7. The lowest BCUT2D eigenvalue weighted by molar-refractivity contribution is -0.115. The molecule has 0 radical (unpaired) electrons. The topological polar surface area (TPSA) is 77.5 Å². The number of aromatic nitrogens is 1. The van der Waals surface area contributed by atoms with Crippen molar-refractivity contribution < 1.29 is 19.1 Å². The second-order valence-electron chi connectivity index (χ2n) is 7.04. The molecule has 2 aromatic carbocycles. The fraction of sp³-hybridized carbons (Fsp3) is 0.160. The lowest BCUT2D eigenvalue weighted by Gasteiger charge is -2.08. The summed E-state index contributed by atoms with van der Waals surface area (Å²) < 4.78 is 10.5. The molecule has 0 aliphatic carbocycles. The van der Waals surface area contributed by atoms with Crippen molar-refractivity contribution in [3.05, 3.63) is 76.6 Å². The Hall–Kier alpha value is -3.49. The molecule has 0 saturated heterocycles. The van der Waals surface area contributed by atoms with Crippen molar-refractivity contribution in [1.82, 2.24) is 4.98 Å². The van der Waals surface area contributed by atoms with Crippen molar-refractivity contribution in [3.8, 4) is 27.4 Å². The van der Waals surface area contributed by atoms with E-state index in [0.29, 0.717) is 28.4 Å². The highest BCUT2D eigenvalue weighted by molar-refractivity contribution is 7.15. The first-order valence-corrected chi connectivity index (χ1v) is 12.1. The van der Waals surface area contributed by atoms with E-state index >= 15 is 0 Å². The SMILES string of the molecule is CCOc1ccc(-c2csc(NC(=O)Cc3csc(-c4ccccc4)n3)c2C(=O)OC)cc1. The van der Waals surface area contributed by atoms with Gasteiger partial charge in [-0.2, -0.15) is 0 Å². The predicted octanol–water partition coefficient (Wildman–Crippen LogP) is 5.91. The molecule has 2 heterocycles. The molecule has 0 spiro atoms. The third-order valence-corrected chi connectivity index (χ3v) is 6.66. The van der Waals surface area contributed by atoms with E-state index < -0.39 is 5.97 Å². The Labute approximate surface area is 199 Å². The smallest absolute Gasteiger partial charge is 0.341 e. The van der Waals surface area contributed by atoms with Gasteiger partial charge in [0.05, 0.1) is 25.8 Å². The van der Waals surface area contributed by atoms with Gasteiger partial charge in [0.25, 0.3) is 0 Å². The number of esters is 1. The largest absolute Gasteiger partial charge is 0.494 e. The monoisotopic (exact) mass is 478 g/mol. The predicted molar refractivity (Wildman–Crippen MR) is 132 cm³/mol. The quantitative estimate of drug-likeness (QED) is 0.319. The number of nitrogens with zero attached hydrogens (tertiary/aromatic N) is 1. The second kappa shape index (κ2) is 10.4. The highest BCUT2D eigenvalue weighted by Crippen LogP contribution is 2.37. The van der Waals surface area contributed by atoms with Crippen LogP contribution in [0.5, 0.6) is 5.75 Å². The maximum absolute atomic E-state index is 12.7. The van der Waals surface area contributed by atoms with Crippen LogP contribution in [0.25, 0.3) is 21.7 Å². The number of hydrogen-bond donors (Lipinski definition) is 1. The number of carbonyl (C=O) groups excluding carboxylic acids is 2. The summed E-state index contributed by atoms with van der Waals surface area (Å²) in [6.45, 7) is 2.50. The van der Waals surface area contributed by atoms with Crippen molar-refractivity contribution in [2.24, 2.45) is 0 Å². The molecular formula is C25H22N2O4S2. The van der Waals surface area contributed by atoms with Crippen LogP contribution in [0.1, 0.15) is 23.0 Å². The van der Waals surface area contributed by atoms with Gasteiger partial charge < -0.3 is 14.8 Å². The molecule has 0 saturated carbocycles. The first-order valence-electron chi connectivity index (χ1n) is 10.3. The third kappa shape index (κ3) is 5.30. The van der Waals surface area contributed by atoms with E-state index in [9.17, 15) is 9.59 Å². The maximum Gasteiger partial charge on any atom is 0.341 e. The number of anilines is 1. The van der Waals surface area contributed by atoms with Crippen LogP contribution in [-0.4, -0.2) is 30.6 Å². The first-order chi connectivity index (χ1) is 16.1. The number of ether oxygens (including phenoxy) is 2. The summed E-state index contributed by atoms with van der Waals surface area (Å²) in [5.74, 6) is 0.00312. The van der Waals surface area contributed by atoms with Gasteiger partial charge in [0.15, 0.2) is 0 Å². The van der Waals surface area contributed by atoms with Gasteiger partial charge in [0, 0.05) is 21.9 Å². The molecule has 0 atom stereocenters. The van der Waals surface area contributed by atoms with Crippen molar-refractivity contribution in [3.63, 3.8) is 0 Å².